The molecule has 0 spiro atoms. The van der Waals surface area contributed by atoms with Gasteiger partial charge in [0.25, 0.3) is 0 Å². The standard InChI is InChI=1S/C45H45N4O.Pt/c1-30-22-31(2)43(32(3)23-30)48-29-47(39-20-13-14-21-40(39)48)41-26-42(38(45(7,8)9)25-37(41)44(4,5)6)50-36-19-15-18-35(24-36)49-28-34(27-46-49)33-16-11-10-12-17-33;/h10-23,25,27-29H,1-9H3;/q-3;. The van der Waals surface area contributed by atoms with Gasteiger partial charge in [0, 0.05) is 61.4 Å². The van der Waals surface area contributed by atoms with Gasteiger partial charge in [-0.15, -0.1) is 42.1 Å². The summed E-state index contributed by atoms with van der Waals surface area (Å²) in [7, 11) is 0. The molecule has 5 nitrogen and oxygen atoms in total. The van der Waals surface area contributed by atoms with Gasteiger partial charge in [-0.2, -0.15) is 17.2 Å². The van der Waals surface area contributed by atoms with Crippen molar-refractivity contribution in [2.24, 2.45) is 0 Å². The Morgan fingerprint density at radius 1 is 0.667 bits per heavy atom. The minimum atomic E-state index is -0.205. The zero-order valence-corrected chi connectivity index (χ0v) is 33.2. The molecule has 264 valence electrons. The number of benzene rings is 5. The zero-order valence-electron chi connectivity index (χ0n) is 30.9. The largest absolute Gasteiger partial charge is 0.509 e. The molecule has 0 fully saturated rings. The average molecular weight is 853 g/mol. The van der Waals surface area contributed by atoms with E-state index >= 15 is 0 Å². The SMILES string of the molecule is Cc1cc(C)c(N2[CH-]N(c3[c-]c(Oc4[c-]c(-n5cc(-c6ccccc6)cn5)ccc4)c(C(C)(C)C)cc3C(C)(C)C)c3ccccc32)c(C)c1.[Pt]. The summed E-state index contributed by atoms with van der Waals surface area (Å²) in [6.07, 6.45) is 3.91. The first-order valence-corrected chi connectivity index (χ1v) is 17.3. The van der Waals surface area contributed by atoms with Crippen LogP contribution in [-0.2, 0) is 31.9 Å². The van der Waals surface area contributed by atoms with Crippen LogP contribution < -0.4 is 14.5 Å². The van der Waals surface area contributed by atoms with E-state index in [4.69, 9.17) is 4.74 Å². The van der Waals surface area contributed by atoms with E-state index in [0.29, 0.717) is 11.5 Å². The van der Waals surface area contributed by atoms with Gasteiger partial charge in [0.1, 0.15) is 0 Å². The number of para-hydroxylation sites is 2. The van der Waals surface area contributed by atoms with Crippen molar-refractivity contribution >= 4 is 22.7 Å². The maximum atomic E-state index is 6.80. The number of hydrogen-bond donors (Lipinski definition) is 0. The number of aromatic nitrogens is 2. The van der Waals surface area contributed by atoms with Crippen LogP contribution in [0, 0.1) is 39.6 Å². The summed E-state index contributed by atoms with van der Waals surface area (Å²) in [6, 6.07) is 39.0. The second kappa shape index (κ2) is 13.8. The number of fused-ring (bicyclic) bond motifs is 1. The number of hydrogen-bond acceptors (Lipinski definition) is 4. The number of nitrogens with zero attached hydrogens (tertiary/aromatic N) is 4. The monoisotopic (exact) mass is 852 g/mol. The Balaban J connectivity index is 0.00000448. The summed E-state index contributed by atoms with van der Waals surface area (Å²) in [5.41, 5.74) is 13.0. The Morgan fingerprint density at radius 3 is 1.94 bits per heavy atom. The fraction of sp³-hybridized carbons (Fsp3) is 0.244. The summed E-state index contributed by atoms with van der Waals surface area (Å²) in [4.78, 5) is 4.60. The number of rotatable bonds is 6. The van der Waals surface area contributed by atoms with Crippen LogP contribution in [-0.4, -0.2) is 9.78 Å². The van der Waals surface area contributed by atoms with Crippen LogP contribution >= 0.6 is 0 Å². The third-order valence-electron chi connectivity index (χ3n) is 9.29. The molecule has 6 aromatic rings. The van der Waals surface area contributed by atoms with Crippen LogP contribution in [0.25, 0.3) is 16.8 Å². The van der Waals surface area contributed by atoms with E-state index in [0.717, 1.165) is 39.4 Å². The molecule has 7 rings (SSSR count). The summed E-state index contributed by atoms with van der Waals surface area (Å²) >= 11 is 0. The molecular formula is C45H45N4OPt-3. The molecule has 1 aromatic heterocycles. The van der Waals surface area contributed by atoms with Crippen LogP contribution in [0.3, 0.4) is 0 Å². The van der Waals surface area contributed by atoms with Gasteiger partial charge in [0.2, 0.25) is 0 Å². The minimum Gasteiger partial charge on any atom is -0.509 e. The molecule has 0 atom stereocenters. The fourth-order valence-corrected chi connectivity index (χ4v) is 6.91. The molecule has 1 aliphatic heterocycles. The third-order valence-corrected chi connectivity index (χ3v) is 9.29. The molecule has 0 saturated heterocycles. The Hall–Kier alpha value is -4.60. The van der Waals surface area contributed by atoms with Crippen molar-refractivity contribution in [3.63, 3.8) is 0 Å². The molecule has 0 N–H and O–H groups in total. The van der Waals surface area contributed by atoms with Crippen molar-refractivity contribution in [3.05, 3.63) is 150 Å². The molecule has 0 unspecified atom stereocenters. The van der Waals surface area contributed by atoms with Crippen molar-refractivity contribution in [3.8, 4) is 28.3 Å². The average Bonchev–Trinajstić information content (AvgIpc) is 3.70. The van der Waals surface area contributed by atoms with Crippen LogP contribution in [0.5, 0.6) is 11.5 Å². The molecule has 1 aliphatic rings. The van der Waals surface area contributed by atoms with E-state index in [1.807, 2.05) is 53.5 Å². The molecule has 6 heteroatoms. The Bertz CT molecular complexity index is 2170. The Labute approximate surface area is 318 Å². The van der Waals surface area contributed by atoms with Gasteiger partial charge in [-0.3, -0.25) is 4.68 Å². The predicted octanol–water partition coefficient (Wildman–Crippen LogP) is 11.9. The van der Waals surface area contributed by atoms with E-state index in [2.05, 4.69) is 151 Å². The van der Waals surface area contributed by atoms with Gasteiger partial charge < -0.3 is 14.5 Å². The fourth-order valence-electron chi connectivity index (χ4n) is 6.91. The Kier molecular flexibility index (Phi) is 9.83. The quantitative estimate of drug-likeness (QED) is 0.156. The molecule has 51 heavy (non-hydrogen) atoms. The smallest absolute Gasteiger partial charge is 0.0571 e. The first-order chi connectivity index (χ1) is 23.8. The van der Waals surface area contributed by atoms with E-state index in [9.17, 15) is 0 Å². The first kappa shape index (κ1) is 36.2. The van der Waals surface area contributed by atoms with Crippen molar-refractivity contribution < 1.29 is 25.8 Å². The van der Waals surface area contributed by atoms with Crippen molar-refractivity contribution in [2.45, 2.75) is 73.1 Å². The normalized spacial score (nSPS) is 12.9. The van der Waals surface area contributed by atoms with Gasteiger partial charge in [-0.05, 0) is 55.3 Å². The van der Waals surface area contributed by atoms with Gasteiger partial charge in [0.05, 0.1) is 6.20 Å². The predicted molar refractivity (Wildman–Crippen MR) is 206 cm³/mol. The molecule has 0 saturated carbocycles. The van der Waals surface area contributed by atoms with E-state index in [1.54, 1.807) is 0 Å². The summed E-state index contributed by atoms with van der Waals surface area (Å²) in [5, 5.41) is 4.65. The van der Waals surface area contributed by atoms with Gasteiger partial charge >= 0.3 is 0 Å². The summed E-state index contributed by atoms with van der Waals surface area (Å²) in [5.74, 6) is 1.29. The molecule has 5 aromatic carbocycles. The van der Waals surface area contributed by atoms with Crippen LogP contribution in [0.1, 0.15) is 69.4 Å². The maximum Gasteiger partial charge on any atom is 0.0571 e. The van der Waals surface area contributed by atoms with Crippen LogP contribution in [0.4, 0.5) is 22.7 Å². The Morgan fingerprint density at radius 2 is 1.29 bits per heavy atom. The summed E-state index contributed by atoms with van der Waals surface area (Å²) < 4.78 is 8.65. The van der Waals surface area contributed by atoms with Gasteiger partial charge in [-0.1, -0.05) is 118 Å². The maximum absolute atomic E-state index is 6.80. The molecular weight excluding hydrogens is 808 g/mol. The molecule has 0 aliphatic carbocycles. The molecule has 0 bridgehead atoms. The van der Waals surface area contributed by atoms with E-state index in [-0.39, 0.29) is 31.9 Å². The van der Waals surface area contributed by atoms with Gasteiger partial charge in [0.15, 0.2) is 0 Å². The van der Waals surface area contributed by atoms with Crippen LogP contribution in [0.15, 0.2) is 103 Å². The molecule has 0 radical (unpaired) electrons. The first-order valence-electron chi connectivity index (χ1n) is 17.3. The zero-order chi connectivity index (χ0) is 35.4. The molecule has 0 amide bonds. The number of ether oxygens (including phenoxy) is 1. The van der Waals surface area contributed by atoms with E-state index < -0.39 is 0 Å². The van der Waals surface area contributed by atoms with Crippen molar-refractivity contribution in [1.29, 1.82) is 0 Å². The van der Waals surface area contributed by atoms with Crippen LogP contribution in [0.2, 0.25) is 0 Å². The number of aryl methyl sites for hydroxylation is 3. The minimum absolute atomic E-state index is 0. The van der Waals surface area contributed by atoms with Crippen molar-refractivity contribution in [1.82, 2.24) is 9.78 Å². The topological polar surface area (TPSA) is 33.5 Å². The summed E-state index contributed by atoms with van der Waals surface area (Å²) in [6.45, 7) is 22.3. The van der Waals surface area contributed by atoms with Gasteiger partial charge in [-0.25, -0.2) is 0 Å². The second-order valence-electron chi connectivity index (χ2n) is 15.4. The van der Waals surface area contributed by atoms with Crippen molar-refractivity contribution in [2.75, 3.05) is 9.80 Å². The third kappa shape index (κ3) is 7.14. The second-order valence-corrected chi connectivity index (χ2v) is 15.4. The molecule has 2 heterocycles. The van der Waals surface area contributed by atoms with E-state index in [1.165, 1.54) is 27.9 Å². The number of anilines is 4.